The molecule has 20 heavy (non-hydrogen) atoms. The van der Waals surface area contributed by atoms with E-state index in [0.29, 0.717) is 12.1 Å². The molecule has 1 aromatic carbocycles. The van der Waals surface area contributed by atoms with Crippen LogP contribution in [0.5, 0.6) is 0 Å². The number of benzene rings is 1. The van der Waals surface area contributed by atoms with Crippen LogP contribution in [0.4, 0.5) is 0 Å². The number of aliphatic carboxylic acids is 1. The molecule has 0 aromatic heterocycles. The Morgan fingerprint density at radius 1 is 1.20 bits per heavy atom. The fraction of sp³-hybridized carbons (Fsp3) is 0.500. The van der Waals surface area contributed by atoms with Gasteiger partial charge in [-0.15, -0.1) is 0 Å². The molecule has 4 heteroatoms. The van der Waals surface area contributed by atoms with Gasteiger partial charge in [0, 0.05) is 13.5 Å². The van der Waals surface area contributed by atoms with Crippen molar-refractivity contribution in [3.63, 3.8) is 0 Å². The van der Waals surface area contributed by atoms with Gasteiger partial charge in [0.15, 0.2) is 5.54 Å². The maximum Gasteiger partial charge on any atom is 0.334 e. The summed E-state index contributed by atoms with van der Waals surface area (Å²) in [6.07, 6.45) is 0. The van der Waals surface area contributed by atoms with Crippen LogP contribution in [0.3, 0.4) is 0 Å². The molecule has 1 rings (SSSR count). The number of nitrogens with zero attached hydrogens (tertiary/aromatic N) is 1. The van der Waals surface area contributed by atoms with Crippen LogP contribution in [-0.2, 0) is 15.1 Å². The van der Waals surface area contributed by atoms with Crippen LogP contribution in [0, 0.1) is 20.8 Å². The van der Waals surface area contributed by atoms with E-state index in [9.17, 15) is 14.7 Å². The lowest BCUT2D eigenvalue weighted by Crippen LogP contribution is -2.52. The molecule has 0 bridgehead atoms. The first-order valence-electron chi connectivity index (χ1n) is 6.76. The molecule has 0 fully saturated rings. The van der Waals surface area contributed by atoms with Gasteiger partial charge in [-0.3, -0.25) is 4.79 Å². The van der Waals surface area contributed by atoms with Gasteiger partial charge in [-0.05, 0) is 51.3 Å². The van der Waals surface area contributed by atoms with Crippen molar-refractivity contribution in [1.29, 1.82) is 0 Å². The maximum atomic E-state index is 11.9. The van der Waals surface area contributed by atoms with E-state index < -0.39 is 11.5 Å². The molecule has 0 aliphatic rings. The van der Waals surface area contributed by atoms with Crippen LogP contribution in [0.15, 0.2) is 12.1 Å². The highest BCUT2D eigenvalue weighted by Gasteiger charge is 2.44. The SMILES string of the molecule is CCN(C(C)=O)C(C)(C(=O)O)c1c(C)cc(C)cc1C. The number of aryl methyl sites for hydroxylation is 3. The summed E-state index contributed by atoms with van der Waals surface area (Å²) in [4.78, 5) is 25.2. The lowest BCUT2D eigenvalue weighted by molar-refractivity contribution is -0.158. The maximum absolute atomic E-state index is 11.9. The molecule has 4 nitrogen and oxygen atoms in total. The van der Waals surface area contributed by atoms with Gasteiger partial charge < -0.3 is 10.0 Å². The molecular weight excluding hydrogens is 254 g/mol. The minimum atomic E-state index is -1.34. The van der Waals surface area contributed by atoms with Gasteiger partial charge in [0.05, 0.1) is 0 Å². The highest BCUT2D eigenvalue weighted by atomic mass is 16.4. The monoisotopic (exact) mass is 277 g/mol. The second kappa shape index (κ2) is 5.65. The van der Waals surface area contributed by atoms with Crippen molar-refractivity contribution in [3.05, 3.63) is 34.4 Å². The van der Waals surface area contributed by atoms with E-state index in [2.05, 4.69) is 0 Å². The summed E-state index contributed by atoms with van der Waals surface area (Å²) >= 11 is 0. The van der Waals surface area contributed by atoms with Crippen LogP contribution in [-0.4, -0.2) is 28.4 Å². The zero-order valence-electron chi connectivity index (χ0n) is 13.1. The number of hydrogen-bond acceptors (Lipinski definition) is 2. The molecule has 0 saturated carbocycles. The molecular formula is C16H23NO3. The van der Waals surface area contributed by atoms with Crippen molar-refractivity contribution in [2.75, 3.05) is 6.54 Å². The normalized spacial score (nSPS) is 13.7. The summed E-state index contributed by atoms with van der Waals surface area (Å²) in [6.45, 7) is 10.9. The average Bonchev–Trinajstić information content (AvgIpc) is 2.27. The van der Waals surface area contributed by atoms with Gasteiger partial charge in [-0.1, -0.05) is 17.7 Å². The van der Waals surface area contributed by atoms with Crippen LogP contribution in [0.1, 0.15) is 43.0 Å². The Hall–Kier alpha value is -1.84. The molecule has 0 aliphatic heterocycles. The number of likely N-dealkylation sites (N-methyl/N-ethyl adjacent to an activating group) is 1. The Balaban J connectivity index is 3.65. The molecule has 1 atom stereocenters. The van der Waals surface area contributed by atoms with E-state index >= 15 is 0 Å². The van der Waals surface area contributed by atoms with Gasteiger partial charge in [0.1, 0.15) is 0 Å². The third-order valence-electron chi connectivity index (χ3n) is 3.82. The molecule has 1 amide bonds. The van der Waals surface area contributed by atoms with Crippen molar-refractivity contribution in [3.8, 4) is 0 Å². The number of carboxylic acids is 1. The third-order valence-corrected chi connectivity index (χ3v) is 3.82. The summed E-state index contributed by atoms with van der Waals surface area (Å²) in [5.74, 6) is -1.25. The number of carbonyl (C=O) groups excluding carboxylic acids is 1. The van der Waals surface area contributed by atoms with E-state index in [-0.39, 0.29) is 5.91 Å². The van der Waals surface area contributed by atoms with Crippen LogP contribution >= 0.6 is 0 Å². The lowest BCUT2D eigenvalue weighted by atomic mass is 9.82. The van der Waals surface area contributed by atoms with Crippen LogP contribution in [0.25, 0.3) is 0 Å². The summed E-state index contributed by atoms with van der Waals surface area (Å²) in [7, 11) is 0. The molecule has 1 unspecified atom stereocenters. The van der Waals surface area contributed by atoms with E-state index in [4.69, 9.17) is 0 Å². The Morgan fingerprint density at radius 3 is 1.95 bits per heavy atom. The number of amides is 1. The number of rotatable bonds is 4. The second-order valence-corrected chi connectivity index (χ2v) is 5.41. The molecule has 110 valence electrons. The Kier molecular flexibility index (Phi) is 4.58. The molecule has 0 saturated heterocycles. The summed E-state index contributed by atoms with van der Waals surface area (Å²) in [6, 6.07) is 3.91. The Bertz CT molecular complexity index is 528. The third kappa shape index (κ3) is 2.55. The zero-order valence-corrected chi connectivity index (χ0v) is 13.1. The molecule has 1 aromatic rings. The minimum Gasteiger partial charge on any atom is -0.479 e. The molecule has 0 radical (unpaired) electrons. The average molecular weight is 277 g/mol. The van der Waals surface area contributed by atoms with Crippen molar-refractivity contribution in [2.24, 2.45) is 0 Å². The van der Waals surface area contributed by atoms with Gasteiger partial charge in [0.2, 0.25) is 5.91 Å². The highest BCUT2D eigenvalue weighted by molar-refractivity contribution is 5.87. The Morgan fingerprint density at radius 2 is 1.65 bits per heavy atom. The number of carbonyl (C=O) groups is 2. The van der Waals surface area contributed by atoms with Crippen LogP contribution < -0.4 is 0 Å². The fourth-order valence-corrected chi connectivity index (χ4v) is 3.16. The number of hydrogen-bond donors (Lipinski definition) is 1. The predicted molar refractivity (Wildman–Crippen MR) is 78.7 cm³/mol. The lowest BCUT2D eigenvalue weighted by Gasteiger charge is -2.39. The van der Waals surface area contributed by atoms with E-state index in [0.717, 1.165) is 16.7 Å². The van der Waals surface area contributed by atoms with Crippen molar-refractivity contribution < 1.29 is 14.7 Å². The molecule has 0 heterocycles. The topological polar surface area (TPSA) is 57.6 Å². The summed E-state index contributed by atoms with van der Waals surface area (Å²) in [5.41, 5.74) is 2.23. The molecule has 0 spiro atoms. The van der Waals surface area contributed by atoms with E-state index in [1.807, 2.05) is 32.9 Å². The smallest absolute Gasteiger partial charge is 0.334 e. The van der Waals surface area contributed by atoms with Gasteiger partial charge in [-0.2, -0.15) is 0 Å². The first-order valence-corrected chi connectivity index (χ1v) is 6.76. The van der Waals surface area contributed by atoms with E-state index in [1.165, 1.54) is 11.8 Å². The Labute approximate surface area is 120 Å². The number of carboxylic acid groups (broad SMARTS) is 1. The first-order chi connectivity index (χ1) is 9.16. The van der Waals surface area contributed by atoms with E-state index in [1.54, 1.807) is 13.8 Å². The molecule has 1 N–H and O–H groups in total. The quantitative estimate of drug-likeness (QED) is 0.920. The largest absolute Gasteiger partial charge is 0.479 e. The van der Waals surface area contributed by atoms with Gasteiger partial charge in [-0.25, -0.2) is 4.79 Å². The van der Waals surface area contributed by atoms with Gasteiger partial charge in [0.25, 0.3) is 0 Å². The second-order valence-electron chi connectivity index (χ2n) is 5.41. The first kappa shape index (κ1) is 16.2. The standard InChI is InChI=1S/C16H23NO3/c1-7-17(13(5)18)16(6,15(19)20)14-11(3)8-10(2)9-12(14)4/h8-9H,7H2,1-6H3,(H,19,20). The summed E-state index contributed by atoms with van der Waals surface area (Å²) in [5, 5.41) is 9.76. The van der Waals surface area contributed by atoms with Crippen molar-refractivity contribution >= 4 is 11.9 Å². The minimum absolute atomic E-state index is 0.239. The summed E-state index contributed by atoms with van der Waals surface area (Å²) < 4.78 is 0. The highest BCUT2D eigenvalue weighted by Crippen LogP contribution is 2.34. The van der Waals surface area contributed by atoms with Crippen LogP contribution in [0.2, 0.25) is 0 Å². The zero-order chi connectivity index (χ0) is 15.7. The van der Waals surface area contributed by atoms with Gasteiger partial charge >= 0.3 is 5.97 Å². The van der Waals surface area contributed by atoms with Crippen molar-refractivity contribution in [1.82, 2.24) is 4.90 Å². The molecule has 0 aliphatic carbocycles. The fourth-order valence-electron chi connectivity index (χ4n) is 3.16. The van der Waals surface area contributed by atoms with Crippen molar-refractivity contribution in [2.45, 2.75) is 47.1 Å². The predicted octanol–water partition coefficient (Wildman–Crippen LogP) is 2.78.